The van der Waals surface area contributed by atoms with Gasteiger partial charge in [-0.25, -0.2) is 0 Å². The fourth-order valence-corrected chi connectivity index (χ4v) is 5.79. The average Bonchev–Trinajstić information content (AvgIpc) is 3.51. The molecule has 0 saturated carbocycles. The number of anilines is 1. The third kappa shape index (κ3) is 4.32. The molecule has 4 nitrogen and oxygen atoms in total. The van der Waals surface area contributed by atoms with Crippen LogP contribution in [0.1, 0.15) is 41.9 Å². The van der Waals surface area contributed by atoms with Crippen molar-refractivity contribution in [3.63, 3.8) is 0 Å². The summed E-state index contributed by atoms with van der Waals surface area (Å²) < 4.78 is 0. The quantitative estimate of drug-likeness (QED) is 0.222. The molecule has 0 saturated heterocycles. The van der Waals surface area contributed by atoms with E-state index in [1.807, 2.05) is 24.4 Å². The van der Waals surface area contributed by atoms with Gasteiger partial charge in [0.15, 0.2) is 0 Å². The first kappa shape index (κ1) is 25.4. The van der Waals surface area contributed by atoms with Crippen LogP contribution in [0, 0.1) is 0 Å². The number of phenolic OH excluding ortho intramolecular Hbond substituents is 1. The SMILES string of the molecule is CC(C)(c1cccc(C(c2ccccc2)(c2ccccc2)c2ccccc2)n1)N1C=CN(c2ccccc2O)C1. The van der Waals surface area contributed by atoms with Crippen LogP contribution >= 0.6 is 0 Å². The van der Waals surface area contributed by atoms with Crippen LogP contribution in [0.3, 0.4) is 0 Å². The van der Waals surface area contributed by atoms with Gasteiger partial charge in [-0.2, -0.15) is 0 Å². The van der Waals surface area contributed by atoms with Gasteiger partial charge in [-0.3, -0.25) is 4.98 Å². The second-order valence-electron chi connectivity index (χ2n) is 10.7. The standard InChI is InChI=1S/C36H33N3O/c1-35(2,39-26-25-38(27-39)31-21-12-13-22-32(31)40)33-23-14-24-34(37-33)36(28-15-6-3-7-16-28,29-17-8-4-9-18-29)30-19-10-5-11-20-30/h3-26,40H,27H2,1-2H3. The third-order valence-electron chi connectivity index (χ3n) is 8.02. The molecule has 2 heterocycles. The van der Waals surface area contributed by atoms with Gasteiger partial charge in [-0.15, -0.1) is 0 Å². The lowest BCUT2D eigenvalue weighted by atomic mass is 9.67. The number of aromatic nitrogens is 1. The zero-order chi connectivity index (χ0) is 27.6. The number of pyridine rings is 1. The Kier molecular flexibility index (Phi) is 6.61. The van der Waals surface area contributed by atoms with E-state index >= 15 is 0 Å². The topological polar surface area (TPSA) is 39.6 Å². The van der Waals surface area contributed by atoms with Crippen LogP contribution in [0.5, 0.6) is 5.75 Å². The summed E-state index contributed by atoms with van der Waals surface area (Å²) in [6, 6.07) is 45.9. The predicted molar refractivity (Wildman–Crippen MR) is 162 cm³/mol. The van der Waals surface area contributed by atoms with E-state index in [2.05, 4.69) is 139 Å². The second-order valence-corrected chi connectivity index (χ2v) is 10.7. The van der Waals surface area contributed by atoms with Crippen molar-refractivity contribution in [1.29, 1.82) is 0 Å². The van der Waals surface area contributed by atoms with E-state index in [0.29, 0.717) is 6.67 Å². The van der Waals surface area contributed by atoms with Crippen molar-refractivity contribution in [3.05, 3.63) is 174 Å². The van der Waals surface area contributed by atoms with Gasteiger partial charge >= 0.3 is 0 Å². The molecule has 1 aliphatic rings. The first-order valence-corrected chi connectivity index (χ1v) is 13.7. The van der Waals surface area contributed by atoms with E-state index in [1.54, 1.807) is 6.07 Å². The minimum absolute atomic E-state index is 0.269. The molecule has 0 unspecified atom stereocenters. The van der Waals surface area contributed by atoms with Crippen molar-refractivity contribution in [2.45, 2.75) is 24.8 Å². The van der Waals surface area contributed by atoms with Crippen molar-refractivity contribution >= 4 is 5.69 Å². The fraction of sp³-hybridized carbons (Fsp3) is 0.139. The fourth-order valence-electron chi connectivity index (χ4n) is 5.79. The lowest BCUT2D eigenvalue weighted by Gasteiger charge is -2.39. The molecule has 1 aliphatic heterocycles. The van der Waals surface area contributed by atoms with Crippen LogP contribution in [0.15, 0.2) is 146 Å². The minimum Gasteiger partial charge on any atom is -0.506 e. The molecule has 0 fully saturated rings. The highest BCUT2D eigenvalue weighted by molar-refractivity contribution is 5.61. The molecular weight excluding hydrogens is 490 g/mol. The number of phenols is 1. The Hall–Kier alpha value is -4.83. The molecule has 0 amide bonds. The van der Waals surface area contributed by atoms with Gasteiger partial charge < -0.3 is 14.9 Å². The molecule has 6 rings (SSSR count). The number of aromatic hydroxyl groups is 1. The molecule has 0 bridgehead atoms. The molecule has 1 aromatic heterocycles. The number of hydrogen-bond donors (Lipinski definition) is 1. The zero-order valence-corrected chi connectivity index (χ0v) is 22.9. The van der Waals surface area contributed by atoms with Crippen molar-refractivity contribution in [1.82, 2.24) is 9.88 Å². The van der Waals surface area contributed by atoms with Crippen LogP contribution in [-0.2, 0) is 11.0 Å². The van der Waals surface area contributed by atoms with Gasteiger partial charge in [0.25, 0.3) is 0 Å². The number of rotatable bonds is 7. The second kappa shape index (κ2) is 10.4. The van der Waals surface area contributed by atoms with Crippen LogP contribution in [-0.4, -0.2) is 21.7 Å². The summed E-state index contributed by atoms with van der Waals surface area (Å²) in [4.78, 5) is 9.79. The van der Waals surface area contributed by atoms with Gasteiger partial charge in [0.2, 0.25) is 0 Å². The van der Waals surface area contributed by atoms with Crippen molar-refractivity contribution in [2.75, 3.05) is 11.6 Å². The van der Waals surface area contributed by atoms with Crippen LogP contribution in [0.25, 0.3) is 0 Å². The van der Waals surface area contributed by atoms with Gasteiger partial charge in [0.05, 0.1) is 34.7 Å². The first-order valence-electron chi connectivity index (χ1n) is 13.7. The Morgan fingerprint density at radius 2 is 1.07 bits per heavy atom. The molecular formula is C36H33N3O. The van der Waals surface area contributed by atoms with Crippen LogP contribution in [0.2, 0.25) is 0 Å². The lowest BCUT2D eigenvalue weighted by molar-refractivity contribution is 0.195. The summed E-state index contributed by atoms with van der Waals surface area (Å²) in [5.74, 6) is 0.269. The molecule has 5 aromatic rings. The van der Waals surface area contributed by atoms with Gasteiger partial charge in [-0.05, 0) is 54.8 Å². The summed E-state index contributed by atoms with van der Waals surface area (Å²) >= 11 is 0. The molecule has 0 atom stereocenters. The zero-order valence-electron chi connectivity index (χ0n) is 22.9. The monoisotopic (exact) mass is 523 g/mol. The summed E-state index contributed by atoms with van der Waals surface area (Å²) in [7, 11) is 0. The van der Waals surface area contributed by atoms with Gasteiger partial charge in [0.1, 0.15) is 5.75 Å². The summed E-state index contributed by atoms with van der Waals surface area (Å²) in [6.45, 7) is 5.01. The summed E-state index contributed by atoms with van der Waals surface area (Å²) in [5.41, 5.74) is 5.23. The van der Waals surface area contributed by atoms with E-state index in [9.17, 15) is 5.11 Å². The van der Waals surface area contributed by atoms with Gasteiger partial charge in [0, 0.05) is 12.4 Å². The van der Waals surface area contributed by atoms with E-state index in [1.165, 1.54) is 16.7 Å². The molecule has 0 aliphatic carbocycles. The molecule has 198 valence electrons. The lowest BCUT2D eigenvalue weighted by Crippen LogP contribution is -2.41. The Balaban J connectivity index is 1.48. The highest BCUT2D eigenvalue weighted by Gasteiger charge is 2.41. The Morgan fingerprint density at radius 3 is 1.62 bits per heavy atom. The number of hydrogen-bond acceptors (Lipinski definition) is 4. The normalized spacial score (nSPS) is 13.6. The maximum Gasteiger partial charge on any atom is 0.139 e. The van der Waals surface area contributed by atoms with Crippen LogP contribution in [0.4, 0.5) is 5.69 Å². The summed E-state index contributed by atoms with van der Waals surface area (Å²) in [5, 5.41) is 10.4. The molecule has 4 heteroatoms. The highest BCUT2D eigenvalue weighted by Crippen LogP contribution is 2.45. The van der Waals surface area contributed by atoms with Crippen molar-refractivity contribution in [3.8, 4) is 5.75 Å². The van der Waals surface area contributed by atoms with E-state index < -0.39 is 11.0 Å². The molecule has 0 spiro atoms. The smallest absolute Gasteiger partial charge is 0.139 e. The van der Waals surface area contributed by atoms with Gasteiger partial charge in [-0.1, -0.05) is 109 Å². The summed E-state index contributed by atoms with van der Waals surface area (Å²) in [6.07, 6.45) is 4.10. The first-order chi connectivity index (χ1) is 19.5. The van der Waals surface area contributed by atoms with Crippen molar-refractivity contribution in [2.24, 2.45) is 0 Å². The molecule has 4 aromatic carbocycles. The number of benzene rings is 4. The number of para-hydroxylation sites is 2. The predicted octanol–water partition coefficient (Wildman–Crippen LogP) is 7.66. The Labute approximate surface area is 236 Å². The van der Waals surface area contributed by atoms with E-state index in [0.717, 1.165) is 17.1 Å². The maximum absolute atomic E-state index is 10.4. The maximum atomic E-state index is 10.4. The van der Waals surface area contributed by atoms with Crippen LogP contribution < -0.4 is 4.90 Å². The third-order valence-corrected chi connectivity index (χ3v) is 8.02. The van der Waals surface area contributed by atoms with E-state index in [-0.39, 0.29) is 5.75 Å². The minimum atomic E-state index is -0.599. The highest BCUT2D eigenvalue weighted by atomic mass is 16.3. The van der Waals surface area contributed by atoms with E-state index in [4.69, 9.17) is 4.98 Å². The van der Waals surface area contributed by atoms with Crippen molar-refractivity contribution < 1.29 is 5.11 Å². The number of nitrogens with zero attached hydrogens (tertiary/aromatic N) is 3. The Bertz CT molecular complexity index is 1520. The Morgan fingerprint density at radius 1 is 0.575 bits per heavy atom. The molecule has 40 heavy (non-hydrogen) atoms. The largest absolute Gasteiger partial charge is 0.506 e. The molecule has 0 radical (unpaired) electrons. The molecule has 1 N–H and O–H groups in total. The average molecular weight is 524 g/mol.